The number of aromatic nitrogens is 1. The summed E-state index contributed by atoms with van der Waals surface area (Å²) in [4.78, 5) is 16.0. The van der Waals surface area contributed by atoms with Crippen molar-refractivity contribution < 1.29 is 31.1 Å². The summed E-state index contributed by atoms with van der Waals surface area (Å²) in [5.74, 6) is -0.989. The minimum atomic E-state index is -4.74. The van der Waals surface area contributed by atoms with Crippen molar-refractivity contribution in [3.63, 3.8) is 0 Å². The minimum Gasteiger partial charge on any atom is -0.332 e. The Bertz CT molecular complexity index is 922. The molecule has 0 bridgehead atoms. The molecule has 1 amide bonds. The van der Waals surface area contributed by atoms with E-state index in [0.29, 0.717) is 0 Å². The van der Waals surface area contributed by atoms with Crippen LogP contribution in [0.25, 0.3) is 0 Å². The number of nitrogens with zero attached hydrogens (tertiary/aromatic N) is 2. The van der Waals surface area contributed by atoms with E-state index in [1.54, 1.807) is 0 Å². The largest absolute Gasteiger partial charge is 0.417 e. The Hall–Kier alpha value is -2.58. The first kappa shape index (κ1) is 19.2. The van der Waals surface area contributed by atoms with Gasteiger partial charge < -0.3 is 4.57 Å². The monoisotopic (exact) mass is 388 g/mol. The van der Waals surface area contributed by atoms with Gasteiger partial charge in [-0.3, -0.25) is 4.79 Å². The Morgan fingerprint density at radius 1 is 1.00 bits per heavy atom. The Morgan fingerprint density at radius 3 is 2.26 bits per heavy atom. The summed E-state index contributed by atoms with van der Waals surface area (Å²) in [5, 5.41) is 0. The highest BCUT2D eigenvalue weighted by Crippen LogP contribution is 2.33. The fourth-order valence-corrected chi connectivity index (χ4v) is 2.61. The first-order chi connectivity index (χ1) is 12.6. The van der Waals surface area contributed by atoms with Gasteiger partial charge in [0.05, 0.1) is 16.7 Å². The zero-order valence-corrected chi connectivity index (χ0v) is 13.8. The van der Waals surface area contributed by atoms with Crippen molar-refractivity contribution in [3.05, 3.63) is 64.8 Å². The maximum Gasteiger partial charge on any atom is 0.417 e. The van der Waals surface area contributed by atoms with Gasteiger partial charge in [-0.1, -0.05) is 12.1 Å². The molecular weight excluding hydrogens is 374 g/mol. The Balaban J connectivity index is 2.05. The van der Waals surface area contributed by atoms with Crippen LogP contribution >= 0.6 is 0 Å². The molecule has 0 aliphatic heterocycles. The van der Waals surface area contributed by atoms with Gasteiger partial charge in [0.15, 0.2) is 0 Å². The van der Waals surface area contributed by atoms with E-state index in [4.69, 9.17) is 0 Å². The van der Waals surface area contributed by atoms with Crippen LogP contribution in [0.5, 0.6) is 0 Å². The second-order valence-electron chi connectivity index (χ2n) is 6.33. The average Bonchev–Trinajstić information content (AvgIpc) is 3.38. The lowest BCUT2D eigenvalue weighted by Gasteiger charge is -2.13. The van der Waals surface area contributed by atoms with Crippen molar-refractivity contribution in [2.24, 2.45) is 10.9 Å². The normalized spacial score (nSPS) is 15.9. The number of alkyl halides is 6. The maximum absolute atomic E-state index is 13.1. The molecule has 3 nitrogen and oxygen atoms in total. The molecule has 1 saturated carbocycles. The predicted molar refractivity (Wildman–Crippen MR) is 83.5 cm³/mol. The highest BCUT2D eigenvalue weighted by atomic mass is 19.4. The third kappa shape index (κ3) is 4.58. The molecule has 144 valence electrons. The highest BCUT2D eigenvalue weighted by Gasteiger charge is 2.35. The van der Waals surface area contributed by atoms with E-state index in [-0.39, 0.29) is 18.0 Å². The number of halogens is 6. The molecule has 1 aromatic carbocycles. The number of amides is 1. The van der Waals surface area contributed by atoms with Crippen molar-refractivity contribution in [3.8, 4) is 0 Å². The topological polar surface area (TPSA) is 34.4 Å². The molecule has 0 spiro atoms. The molecular formula is C18H14F6N2O. The molecule has 1 heterocycles. The summed E-state index contributed by atoms with van der Waals surface area (Å²) in [5.41, 5.74) is -2.82. The van der Waals surface area contributed by atoms with Gasteiger partial charge in [0.25, 0.3) is 5.91 Å². The van der Waals surface area contributed by atoms with E-state index in [1.807, 2.05) is 0 Å². The molecule has 0 unspecified atom stereocenters. The number of carbonyl (C=O) groups excluding carboxylic acids is 1. The molecule has 1 fully saturated rings. The van der Waals surface area contributed by atoms with Gasteiger partial charge in [-0.2, -0.15) is 31.3 Å². The van der Waals surface area contributed by atoms with Gasteiger partial charge in [-0.05, 0) is 43.0 Å². The van der Waals surface area contributed by atoms with Crippen LogP contribution in [-0.4, -0.2) is 10.5 Å². The zero-order chi connectivity index (χ0) is 19.8. The van der Waals surface area contributed by atoms with Crippen LogP contribution in [0.3, 0.4) is 0 Å². The molecule has 0 radical (unpaired) electrons. The molecule has 1 aromatic heterocycles. The summed E-state index contributed by atoms with van der Waals surface area (Å²) >= 11 is 0. The van der Waals surface area contributed by atoms with Gasteiger partial charge in [-0.15, -0.1) is 0 Å². The van der Waals surface area contributed by atoms with E-state index in [2.05, 4.69) is 4.99 Å². The Kier molecular flexibility index (Phi) is 4.88. The lowest BCUT2D eigenvalue weighted by molar-refractivity contribution is -0.138. The van der Waals surface area contributed by atoms with Gasteiger partial charge in [0.1, 0.15) is 5.49 Å². The van der Waals surface area contributed by atoms with Crippen LogP contribution in [-0.2, 0) is 18.9 Å². The van der Waals surface area contributed by atoms with Crippen molar-refractivity contribution in [2.45, 2.75) is 31.7 Å². The fraction of sp³-hybridized carbons (Fsp3) is 0.333. The van der Waals surface area contributed by atoms with Crippen LogP contribution in [0.15, 0.2) is 47.6 Å². The highest BCUT2D eigenvalue weighted by molar-refractivity contribution is 5.96. The smallest absolute Gasteiger partial charge is 0.332 e. The van der Waals surface area contributed by atoms with E-state index in [0.717, 1.165) is 49.4 Å². The Labute approximate surface area is 150 Å². The third-order valence-electron chi connectivity index (χ3n) is 4.16. The predicted octanol–water partition coefficient (Wildman–Crippen LogP) is 4.68. The SMILES string of the molecule is O=C(/N=c1\ccc(C(F)(F)F)cn1CC1CC1)c1ccccc1C(F)(F)F. The zero-order valence-electron chi connectivity index (χ0n) is 13.8. The molecule has 0 atom stereocenters. The molecule has 9 heteroatoms. The van der Waals surface area contributed by atoms with Crippen molar-refractivity contribution in [2.75, 3.05) is 0 Å². The first-order valence-electron chi connectivity index (χ1n) is 8.08. The molecule has 0 saturated heterocycles. The summed E-state index contributed by atoms with van der Waals surface area (Å²) in [6, 6.07) is 5.91. The van der Waals surface area contributed by atoms with Gasteiger partial charge in [-0.25, -0.2) is 0 Å². The van der Waals surface area contributed by atoms with Gasteiger partial charge in [0.2, 0.25) is 0 Å². The third-order valence-corrected chi connectivity index (χ3v) is 4.16. The standard InChI is InChI=1S/C18H14F6N2O/c19-17(20,21)12-7-8-15(26(10-12)9-11-5-6-11)25-16(27)13-3-1-2-4-14(13)18(22,23)24/h1-4,7-8,10-11H,5-6,9H2/b25-15+. The second-order valence-corrected chi connectivity index (χ2v) is 6.33. The lowest BCUT2D eigenvalue weighted by atomic mass is 10.1. The number of hydrogen-bond acceptors (Lipinski definition) is 1. The van der Waals surface area contributed by atoms with Crippen molar-refractivity contribution in [1.29, 1.82) is 0 Å². The maximum atomic E-state index is 13.1. The molecule has 3 rings (SSSR count). The number of benzene rings is 1. The van der Waals surface area contributed by atoms with E-state index >= 15 is 0 Å². The number of hydrogen-bond donors (Lipinski definition) is 0. The quantitative estimate of drug-likeness (QED) is 0.704. The summed E-state index contributed by atoms with van der Waals surface area (Å²) in [6.07, 6.45) is -6.80. The first-order valence-corrected chi connectivity index (χ1v) is 8.08. The number of rotatable bonds is 3. The van der Waals surface area contributed by atoms with Crippen LogP contribution in [0.1, 0.15) is 34.3 Å². The van der Waals surface area contributed by atoms with Gasteiger partial charge >= 0.3 is 12.4 Å². The molecule has 0 N–H and O–H groups in total. The van der Waals surface area contributed by atoms with Crippen LogP contribution < -0.4 is 5.49 Å². The van der Waals surface area contributed by atoms with E-state index in [1.165, 1.54) is 10.6 Å². The second kappa shape index (κ2) is 6.86. The van der Waals surface area contributed by atoms with Crippen molar-refractivity contribution >= 4 is 5.91 Å². The van der Waals surface area contributed by atoms with E-state index < -0.39 is 35.0 Å². The number of carbonyl (C=O) groups is 1. The minimum absolute atomic E-state index is 0.114. The summed E-state index contributed by atoms with van der Waals surface area (Å²) in [7, 11) is 0. The molecule has 2 aromatic rings. The number of pyridine rings is 1. The summed E-state index contributed by atoms with van der Waals surface area (Å²) in [6.45, 7) is 0.219. The van der Waals surface area contributed by atoms with Gasteiger partial charge in [0, 0.05) is 12.7 Å². The summed E-state index contributed by atoms with van der Waals surface area (Å²) < 4.78 is 79.2. The van der Waals surface area contributed by atoms with Crippen LogP contribution in [0.2, 0.25) is 0 Å². The molecule has 1 aliphatic carbocycles. The average molecular weight is 388 g/mol. The van der Waals surface area contributed by atoms with E-state index in [9.17, 15) is 31.1 Å². The fourth-order valence-electron chi connectivity index (χ4n) is 2.61. The van der Waals surface area contributed by atoms with Crippen LogP contribution in [0, 0.1) is 5.92 Å². The molecule has 27 heavy (non-hydrogen) atoms. The van der Waals surface area contributed by atoms with Crippen LogP contribution in [0.4, 0.5) is 26.3 Å². The lowest BCUT2D eigenvalue weighted by Crippen LogP contribution is -2.25. The molecule has 1 aliphatic rings. The van der Waals surface area contributed by atoms with Crippen molar-refractivity contribution in [1.82, 2.24) is 4.57 Å². The Morgan fingerprint density at radius 2 is 1.67 bits per heavy atom.